The summed E-state index contributed by atoms with van der Waals surface area (Å²) in [5, 5.41) is 0. The summed E-state index contributed by atoms with van der Waals surface area (Å²) in [6, 6.07) is 10.7. The summed E-state index contributed by atoms with van der Waals surface area (Å²) < 4.78 is 5.01. The monoisotopic (exact) mass is 259 g/mol. The van der Waals surface area contributed by atoms with Crippen molar-refractivity contribution in [2.75, 3.05) is 12.0 Å². The molecule has 1 heterocycles. The molecule has 0 aromatic heterocycles. The van der Waals surface area contributed by atoms with Crippen LogP contribution in [0.2, 0.25) is 0 Å². The molecule has 0 amide bonds. The Kier molecular flexibility index (Phi) is 3.45. The SMILES string of the molecule is COC(=O)C1CC2CCCCC2N1c1ccccc1. The molecule has 0 radical (unpaired) electrons. The number of hydrogen-bond donors (Lipinski definition) is 0. The second kappa shape index (κ2) is 5.24. The minimum Gasteiger partial charge on any atom is -0.467 e. The number of nitrogens with zero attached hydrogens (tertiary/aromatic N) is 1. The molecule has 1 saturated heterocycles. The summed E-state index contributed by atoms with van der Waals surface area (Å²) in [5.41, 5.74) is 1.16. The normalized spacial score (nSPS) is 29.9. The molecule has 1 aromatic carbocycles. The van der Waals surface area contributed by atoms with E-state index in [1.165, 1.54) is 32.8 Å². The predicted molar refractivity (Wildman–Crippen MR) is 75.1 cm³/mol. The molecule has 102 valence electrons. The Morgan fingerprint density at radius 3 is 2.68 bits per heavy atom. The predicted octanol–water partition coefficient (Wildman–Crippen LogP) is 3.00. The van der Waals surface area contributed by atoms with E-state index in [0.29, 0.717) is 12.0 Å². The Balaban J connectivity index is 1.93. The Bertz CT molecular complexity index is 445. The van der Waals surface area contributed by atoms with Crippen LogP contribution in [-0.4, -0.2) is 25.2 Å². The standard InChI is InChI=1S/C16H21NO2/c1-19-16(18)15-11-12-7-5-6-10-14(12)17(15)13-8-3-2-4-9-13/h2-4,8-9,12,14-15H,5-7,10-11H2,1H3. The quantitative estimate of drug-likeness (QED) is 0.765. The van der Waals surface area contributed by atoms with Gasteiger partial charge in [0.1, 0.15) is 6.04 Å². The number of rotatable bonds is 2. The van der Waals surface area contributed by atoms with Crippen molar-refractivity contribution >= 4 is 11.7 Å². The van der Waals surface area contributed by atoms with E-state index in [1.54, 1.807) is 0 Å². The highest BCUT2D eigenvalue weighted by Gasteiger charge is 2.45. The van der Waals surface area contributed by atoms with Gasteiger partial charge in [-0.1, -0.05) is 31.0 Å². The fourth-order valence-electron chi connectivity index (χ4n) is 3.78. The zero-order valence-corrected chi connectivity index (χ0v) is 11.4. The molecular formula is C16H21NO2. The molecule has 0 spiro atoms. The average Bonchev–Trinajstić information content (AvgIpc) is 2.86. The molecule has 3 unspecified atom stereocenters. The third-order valence-electron chi connectivity index (χ3n) is 4.62. The van der Waals surface area contributed by atoms with Crippen molar-refractivity contribution in [1.82, 2.24) is 0 Å². The van der Waals surface area contributed by atoms with Gasteiger partial charge in [0.15, 0.2) is 0 Å². The summed E-state index contributed by atoms with van der Waals surface area (Å²) in [6.07, 6.45) is 5.98. The van der Waals surface area contributed by atoms with Gasteiger partial charge in [-0.05, 0) is 37.3 Å². The third kappa shape index (κ3) is 2.22. The van der Waals surface area contributed by atoms with Gasteiger partial charge in [0.2, 0.25) is 0 Å². The van der Waals surface area contributed by atoms with Crippen LogP contribution in [0.5, 0.6) is 0 Å². The molecule has 1 aliphatic carbocycles. The zero-order chi connectivity index (χ0) is 13.2. The molecule has 2 aliphatic rings. The van der Waals surface area contributed by atoms with Crippen LogP contribution >= 0.6 is 0 Å². The van der Waals surface area contributed by atoms with Gasteiger partial charge < -0.3 is 9.64 Å². The molecule has 1 saturated carbocycles. The van der Waals surface area contributed by atoms with E-state index in [1.807, 2.05) is 18.2 Å². The topological polar surface area (TPSA) is 29.5 Å². The molecular weight excluding hydrogens is 238 g/mol. The summed E-state index contributed by atoms with van der Waals surface area (Å²) >= 11 is 0. The maximum atomic E-state index is 12.1. The van der Waals surface area contributed by atoms with Crippen LogP contribution in [0.15, 0.2) is 30.3 Å². The molecule has 1 aromatic rings. The number of carbonyl (C=O) groups is 1. The Morgan fingerprint density at radius 2 is 1.95 bits per heavy atom. The first-order valence-corrected chi connectivity index (χ1v) is 7.22. The van der Waals surface area contributed by atoms with Crippen molar-refractivity contribution in [2.45, 2.75) is 44.2 Å². The van der Waals surface area contributed by atoms with E-state index < -0.39 is 0 Å². The summed E-state index contributed by atoms with van der Waals surface area (Å²) in [6.45, 7) is 0. The van der Waals surface area contributed by atoms with E-state index in [2.05, 4.69) is 17.0 Å². The van der Waals surface area contributed by atoms with Crippen molar-refractivity contribution in [3.05, 3.63) is 30.3 Å². The van der Waals surface area contributed by atoms with E-state index in [4.69, 9.17) is 4.74 Å². The van der Waals surface area contributed by atoms with Gasteiger partial charge in [-0.15, -0.1) is 0 Å². The lowest BCUT2D eigenvalue weighted by Gasteiger charge is -2.35. The van der Waals surface area contributed by atoms with Crippen LogP contribution in [0.3, 0.4) is 0 Å². The van der Waals surface area contributed by atoms with Gasteiger partial charge >= 0.3 is 5.97 Å². The fraction of sp³-hybridized carbons (Fsp3) is 0.562. The first-order chi connectivity index (χ1) is 9.31. The van der Waals surface area contributed by atoms with Gasteiger partial charge in [0.05, 0.1) is 7.11 Å². The number of anilines is 1. The van der Waals surface area contributed by atoms with Crippen molar-refractivity contribution in [2.24, 2.45) is 5.92 Å². The molecule has 1 aliphatic heterocycles. The number of ether oxygens (including phenoxy) is 1. The van der Waals surface area contributed by atoms with Crippen LogP contribution in [0, 0.1) is 5.92 Å². The molecule has 3 heteroatoms. The van der Waals surface area contributed by atoms with Crippen LogP contribution in [0.1, 0.15) is 32.1 Å². The summed E-state index contributed by atoms with van der Waals surface area (Å²) in [4.78, 5) is 14.4. The summed E-state index contributed by atoms with van der Waals surface area (Å²) in [7, 11) is 1.49. The van der Waals surface area contributed by atoms with E-state index >= 15 is 0 Å². The number of fused-ring (bicyclic) bond motifs is 1. The Hall–Kier alpha value is -1.51. The molecule has 0 N–H and O–H groups in total. The van der Waals surface area contributed by atoms with Gasteiger partial charge in [-0.3, -0.25) is 0 Å². The molecule has 19 heavy (non-hydrogen) atoms. The number of carbonyl (C=O) groups excluding carboxylic acids is 1. The third-order valence-corrected chi connectivity index (χ3v) is 4.62. The minimum absolute atomic E-state index is 0.0850. The first-order valence-electron chi connectivity index (χ1n) is 7.22. The molecule has 0 bridgehead atoms. The van der Waals surface area contributed by atoms with Crippen LogP contribution < -0.4 is 4.90 Å². The van der Waals surface area contributed by atoms with Crippen molar-refractivity contribution < 1.29 is 9.53 Å². The zero-order valence-electron chi connectivity index (χ0n) is 11.4. The van der Waals surface area contributed by atoms with E-state index in [9.17, 15) is 4.79 Å². The van der Waals surface area contributed by atoms with E-state index in [-0.39, 0.29) is 12.0 Å². The highest BCUT2D eigenvalue weighted by Crippen LogP contribution is 2.42. The number of hydrogen-bond acceptors (Lipinski definition) is 3. The second-order valence-corrected chi connectivity index (χ2v) is 5.63. The first kappa shape index (κ1) is 12.5. The minimum atomic E-state index is -0.0968. The van der Waals surface area contributed by atoms with Gasteiger partial charge in [-0.2, -0.15) is 0 Å². The highest BCUT2D eigenvalue weighted by molar-refractivity contribution is 5.81. The number of benzene rings is 1. The second-order valence-electron chi connectivity index (χ2n) is 5.63. The van der Waals surface area contributed by atoms with Crippen molar-refractivity contribution in [1.29, 1.82) is 0 Å². The molecule has 3 rings (SSSR count). The molecule has 3 atom stereocenters. The van der Waals surface area contributed by atoms with Crippen LogP contribution in [-0.2, 0) is 9.53 Å². The maximum absolute atomic E-state index is 12.1. The molecule has 3 nitrogen and oxygen atoms in total. The smallest absolute Gasteiger partial charge is 0.328 e. The number of esters is 1. The van der Waals surface area contributed by atoms with Gasteiger partial charge in [-0.25, -0.2) is 4.79 Å². The largest absolute Gasteiger partial charge is 0.467 e. The van der Waals surface area contributed by atoms with Crippen LogP contribution in [0.4, 0.5) is 5.69 Å². The number of para-hydroxylation sites is 1. The van der Waals surface area contributed by atoms with E-state index in [0.717, 1.165) is 12.1 Å². The van der Waals surface area contributed by atoms with Gasteiger partial charge in [0.25, 0.3) is 0 Å². The lowest BCUT2D eigenvalue weighted by Crippen LogP contribution is -2.42. The van der Waals surface area contributed by atoms with Crippen molar-refractivity contribution in [3.8, 4) is 0 Å². The lowest BCUT2D eigenvalue weighted by molar-refractivity contribution is -0.142. The summed E-state index contributed by atoms with van der Waals surface area (Å²) in [5.74, 6) is 0.566. The Morgan fingerprint density at radius 1 is 1.21 bits per heavy atom. The lowest BCUT2D eigenvalue weighted by atomic mass is 9.84. The number of methoxy groups -OCH3 is 1. The average molecular weight is 259 g/mol. The Labute approximate surface area is 114 Å². The van der Waals surface area contributed by atoms with Crippen LogP contribution in [0.25, 0.3) is 0 Å². The fourth-order valence-corrected chi connectivity index (χ4v) is 3.78. The van der Waals surface area contributed by atoms with Crippen molar-refractivity contribution in [3.63, 3.8) is 0 Å². The molecule has 2 fully saturated rings. The van der Waals surface area contributed by atoms with Gasteiger partial charge in [0, 0.05) is 11.7 Å². The highest BCUT2D eigenvalue weighted by atomic mass is 16.5. The maximum Gasteiger partial charge on any atom is 0.328 e.